The smallest absolute Gasteiger partial charge is 0.0701 e. The third-order valence-electron chi connectivity index (χ3n) is 1.32. The van der Waals surface area contributed by atoms with E-state index in [-0.39, 0.29) is 0 Å². The van der Waals surface area contributed by atoms with E-state index in [1.165, 1.54) is 0 Å². The summed E-state index contributed by atoms with van der Waals surface area (Å²) in [4.78, 5) is 0. The standard InChI is InChI=1S/C6H11N.C4H8O2/c1-3-5-7-6-4-2;1-2-6-4-3-5-1/h3-4,7H,1-2,5-6H2;1-4H2. The molecule has 1 rings (SSSR count). The number of rotatable bonds is 4. The fourth-order valence-electron chi connectivity index (χ4n) is 0.727. The van der Waals surface area contributed by atoms with Gasteiger partial charge in [0.2, 0.25) is 0 Å². The molecular formula is C10H19NO2. The van der Waals surface area contributed by atoms with Crippen molar-refractivity contribution in [1.82, 2.24) is 5.32 Å². The monoisotopic (exact) mass is 185 g/mol. The molecule has 1 aliphatic heterocycles. The van der Waals surface area contributed by atoms with E-state index in [0.717, 1.165) is 39.5 Å². The zero-order chi connectivity index (χ0) is 9.78. The highest BCUT2D eigenvalue weighted by atomic mass is 16.6. The molecule has 0 bridgehead atoms. The maximum Gasteiger partial charge on any atom is 0.0701 e. The van der Waals surface area contributed by atoms with Gasteiger partial charge in [-0.2, -0.15) is 0 Å². The molecule has 13 heavy (non-hydrogen) atoms. The molecule has 0 atom stereocenters. The lowest BCUT2D eigenvalue weighted by Gasteiger charge is -2.09. The Bertz CT molecular complexity index is 103. The topological polar surface area (TPSA) is 30.5 Å². The van der Waals surface area contributed by atoms with Gasteiger partial charge >= 0.3 is 0 Å². The van der Waals surface area contributed by atoms with Gasteiger partial charge in [-0.05, 0) is 0 Å². The van der Waals surface area contributed by atoms with E-state index in [0.29, 0.717) is 0 Å². The highest BCUT2D eigenvalue weighted by Crippen LogP contribution is 1.85. The van der Waals surface area contributed by atoms with Crippen molar-refractivity contribution >= 4 is 0 Å². The first-order chi connectivity index (χ1) is 6.41. The molecule has 1 heterocycles. The van der Waals surface area contributed by atoms with Gasteiger partial charge in [0, 0.05) is 13.1 Å². The van der Waals surface area contributed by atoms with Crippen LogP contribution in [0, 0.1) is 0 Å². The second-order valence-electron chi connectivity index (χ2n) is 2.46. The molecule has 0 saturated carbocycles. The Morgan fingerprint density at radius 3 is 1.54 bits per heavy atom. The highest BCUT2D eigenvalue weighted by Gasteiger charge is 1.94. The van der Waals surface area contributed by atoms with E-state index in [9.17, 15) is 0 Å². The average Bonchev–Trinajstić information content (AvgIpc) is 2.22. The van der Waals surface area contributed by atoms with Crippen molar-refractivity contribution in [2.75, 3.05) is 39.5 Å². The molecule has 0 spiro atoms. The van der Waals surface area contributed by atoms with E-state index in [2.05, 4.69) is 18.5 Å². The Morgan fingerprint density at radius 2 is 1.31 bits per heavy atom. The molecule has 3 nitrogen and oxygen atoms in total. The summed E-state index contributed by atoms with van der Waals surface area (Å²) in [6.07, 6.45) is 3.65. The Kier molecular flexibility index (Phi) is 10.8. The van der Waals surface area contributed by atoms with Crippen LogP contribution in [0.25, 0.3) is 0 Å². The van der Waals surface area contributed by atoms with Gasteiger partial charge in [0.15, 0.2) is 0 Å². The predicted molar refractivity (Wildman–Crippen MR) is 54.9 cm³/mol. The van der Waals surface area contributed by atoms with Crippen LogP contribution in [0.5, 0.6) is 0 Å². The predicted octanol–water partition coefficient (Wildman–Crippen LogP) is 0.981. The maximum absolute atomic E-state index is 4.94. The zero-order valence-corrected chi connectivity index (χ0v) is 8.13. The summed E-state index contributed by atoms with van der Waals surface area (Å²) in [5.41, 5.74) is 0. The molecular weight excluding hydrogens is 166 g/mol. The van der Waals surface area contributed by atoms with Gasteiger partial charge in [-0.1, -0.05) is 12.2 Å². The number of hydrogen-bond donors (Lipinski definition) is 1. The first-order valence-corrected chi connectivity index (χ1v) is 4.49. The van der Waals surface area contributed by atoms with Gasteiger partial charge in [0.05, 0.1) is 26.4 Å². The largest absolute Gasteiger partial charge is 0.377 e. The molecule has 0 unspecified atom stereocenters. The minimum Gasteiger partial charge on any atom is -0.377 e. The van der Waals surface area contributed by atoms with E-state index in [1.54, 1.807) is 0 Å². The van der Waals surface area contributed by atoms with E-state index in [1.807, 2.05) is 12.2 Å². The maximum atomic E-state index is 4.94. The summed E-state index contributed by atoms with van der Waals surface area (Å²) < 4.78 is 9.89. The number of hydrogen-bond acceptors (Lipinski definition) is 3. The highest BCUT2D eigenvalue weighted by molar-refractivity contribution is 4.75. The quantitative estimate of drug-likeness (QED) is 0.523. The van der Waals surface area contributed by atoms with Crippen molar-refractivity contribution in [1.29, 1.82) is 0 Å². The lowest BCUT2D eigenvalue weighted by Crippen LogP contribution is -2.16. The van der Waals surface area contributed by atoms with Crippen LogP contribution in [0.2, 0.25) is 0 Å². The Balaban J connectivity index is 0.000000223. The summed E-state index contributed by atoms with van der Waals surface area (Å²) in [5, 5.41) is 3.05. The summed E-state index contributed by atoms with van der Waals surface area (Å²) in [6, 6.07) is 0. The van der Waals surface area contributed by atoms with Gasteiger partial charge in [-0.3, -0.25) is 0 Å². The van der Waals surface area contributed by atoms with Crippen LogP contribution in [0.4, 0.5) is 0 Å². The van der Waals surface area contributed by atoms with Crippen LogP contribution in [-0.2, 0) is 9.47 Å². The molecule has 1 saturated heterocycles. The van der Waals surface area contributed by atoms with Gasteiger partial charge in [-0.15, -0.1) is 13.2 Å². The average molecular weight is 185 g/mol. The zero-order valence-electron chi connectivity index (χ0n) is 8.13. The molecule has 0 aliphatic carbocycles. The van der Waals surface area contributed by atoms with Gasteiger partial charge in [0.1, 0.15) is 0 Å². The van der Waals surface area contributed by atoms with Crippen molar-refractivity contribution in [3.63, 3.8) is 0 Å². The van der Waals surface area contributed by atoms with Gasteiger partial charge in [0.25, 0.3) is 0 Å². The molecule has 0 radical (unpaired) electrons. The van der Waals surface area contributed by atoms with E-state index < -0.39 is 0 Å². The van der Waals surface area contributed by atoms with Crippen molar-refractivity contribution in [3.05, 3.63) is 25.3 Å². The molecule has 1 fully saturated rings. The lowest BCUT2D eigenvalue weighted by molar-refractivity contribution is -0.0334. The first-order valence-electron chi connectivity index (χ1n) is 4.49. The minimum absolute atomic E-state index is 0.778. The van der Waals surface area contributed by atoms with Crippen LogP contribution >= 0.6 is 0 Å². The molecule has 0 aromatic carbocycles. The number of nitrogens with one attached hydrogen (secondary N) is 1. The van der Waals surface area contributed by atoms with Crippen LogP contribution in [0.15, 0.2) is 25.3 Å². The Hall–Kier alpha value is -0.640. The molecule has 1 aliphatic rings. The van der Waals surface area contributed by atoms with Crippen LogP contribution in [0.3, 0.4) is 0 Å². The summed E-state index contributed by atoms with van der Waals surface area (Å²) in [6.45, 7) is 11.9. The van der Waals surface area contributed by atoms with Gasteiger partial charge in [-0.25, -0.2) is 0 Å². The minimum atomic E-state index is 0.778. The second-order valence-corrected chi connectivity index (χ2v) is 2.46. The van der Waals surface area contributed by atoms with Crippen molar-refractivity contribution in [3.8, 4) is 0 Å². The van der Waals surface area contributed by atoms with Crippen molar-refractivity contribution < 1.29 is 9.47 Å². The summed E-state index contributed by atoms with van der Waals surface area (Å²) in [5.74, 6) is 0. The first kappa shape index (κ1) is 12.4. The Morgan fingerprint density at radius 1 is 0.923 bits per heavy atom. The van der Waals surface area contributed by atoms with Crippen LogP contribution in [-0.4, -0.2) is 39.5 Å². The molecule has 76 valence electrons. The molecule has 1 N–H and O–H groups in total. The fourth-order valence-corrected chi connectivity index (χ4v) is 0.727. The molecule has 0 aromatic rings. The van der Waals surface area contributed by atoms with Crippen molar-refractivity contribution in [2.24, 2.45) is 0 Å². The van der Waals surface area contributed by atoms with Gasteiger partial charge < -0.3 is 14.8 Å². The van der Waals surface area contributed by atoms with Crippen LogP contribution in [0.1, 0.15) is 0 Å². The second kappa shape index (κ2) is 11.4. The summed E-state index contributed by atoms with van der Waals surface area (Å²) in [7, 11) is 0. The normalized spacial score (nSPS) is 15.4. The fraction of sp³-hybridized carbons (Fsp3) is 0.600. The molecule has 0 amide bonds. The Labute approximate surface area is 80.4 Å². The summed E-state index contributed by atoms with van der Waals surface area (Å²) >= 11 is 0. The lowest BCUT2D eigenvalue weighted by atomic mass is 10.5. The SMILES string of the molecule is C1COCCO1.C=CCNCC=C. The third-order valence-corrected chi connectivity index (χ3v) is 1.32. The third kappa shape index (κ3) is 11.4. The molecule has 3 heteroatoms. The molecule has 0 aromatic heterocycles. The van der Waals surface area contributed by atoms with Crippen LogP contribution < -0.4 is 5.32 Å². The van der Waals surface area contributed by atoms with Crippen molar-refractivity contribution in [2.45, 2.75) is 0 Å². The van der Waals surface area contributed by atoms with E-state index >= 15 is 0 Å². The number of ether oxygens (including phenoxy) is 2. The van der Waals surface area contributed by atoms with E-state index in [4.69, 9.17) is 9.47 Å².